The second-order valence-electron chi connectivity index (χ2n) is 8.08. The van der Waals surface area contributed by atoms with Gasteiger partial charge in [0.25, 0.3) is 0 Å². The van der Waals surface area contributed by atoms with Crippen molar-refractivity contribution in [3.8, 4) is 0 Å². The van der Waals surface area contributed by atoms with Crippen molar-refractivity contribution in [2.45, 2.75) is 12.6 Å². The summed E-state index contributed by atoms with van der Waals surface area (Å²) in [6, 6.07) is 6.41. The quantitative estimate of drug-likeness (QED) is 0.285. The van der Waals surface area contributed by atoms with Crippen molar-refractivity contribution < 1.29 is 23.6 Å². The van der Waals surface area contributed by atoms with E-state index < -0.39 is 22.9 Å². The minimum atomic E-state index is -0.601. The number of piperazine rings is 1. The molecule has 1 aromatic carbocycles. The van der Waals surface area contributed by atoms with Gasteiger partial charge >= 0.3 is 11.1 Å². The molecule has 2 aromatic rings. The van der Waals surface area contributed by atoms with Crippen molar-refractivity contribution in [2.75, 3.05) is 54.9 Å². The molecule has 2 fully saturated rings. The molecule has 0 aliphatic carbocycles. The molecule has 0 spiro atoms. The molecule has 2 aliphatic heterocycles. The highest BCUT2D eigenvalue weighted by atomic mass is 79.9. The number of benzene rings is 1. The maximum Gasteiger partial charge on any atom is 0.414 e. The van der Waals surface area contributed by atoms with E-state index in [9.17, 15) is 19.7 Å². The van der Waals surface area contributed by atoms with Crippen LogP contribution >= 0.6 is 38.9 Å². The Hall–Kier alpha value is -2.48. The summed E-state index contributed by atoms with van der Waals surface area (Å²) in [5.41, 5.74) is 0.826. The lowest BCUT2D eigenvalue weighted by molar-refractivity contribution is -0.380. The summed E-state index contributed by atoms with van der Waals surface area (Å²) >= 11 is 9.83. The molecule has 35 heavy (non-hydrogen) atoms. The van der Waals surface area contributed by atoms with Gasteiger partial charge in [-0.2, -0.15) is 0 Å². The Kier molecular flexibility index (Phi) is 8.09. The molecule has 10 nitrogen and oxygen atoms in total. The van der Waals surface area contributed by atoms with Crippen molar-refractivity contribution >= 4 is 67.2 Å². The molecule has 3 heterocycles. The molecule has 0 radical (unpaired) electrons. The van der Waals surface area contributed by atoms with Crippen LogP contribution in [-0.4, -0.2) is 73.1 Å². The van der Waals surface area contributed by atoms with E-state index in [0.717, 1.165) is 16.2 Å². The van der Waals surface area contributed by atoms with Gasteiger partial charge in [0.15, 0.2) is 0 Å². The summed E-state index contributed by atoms with van der Waals surface area (Å²) < 4.78 is 20.7. The van der Waals surface area contributed by atoms with Crippen LogP contribution in [-0.2, 0) is 16.1 Å². The Morgan fingerprint density at radius 3 is 2.69 bits per heavy atom. The molecule has 1 aromatic heterocycles. The van der Waals surface area contributed by atoms with Gasteiger partial charge in [0, 0.05) is 37.6 Å². The monoisotopic (exact) mass is 589 g/mol. The number of ether oxygens (including phenoxy) is 1. The van der Waals surface area contributed by atoms with Crippen LogP contribution in [0.1, 0.15) is 4.88 Å². The highest BCUT2D eigenvalue weighted by molar-refractivity contribution is 9.10. The third kappa shape index (κ3) is 6.02. The summed E-state index contributed by atoms with van der Waals surface area (Å²) in [6.45, 7) is 3.47. The van der Waals surface area contributed by atoms with Gasteiger partial charge in [-0.1, -0.05) is 11.3 Å². The number of cyclic esters (lactones) is 1. The average molecular weight is 591 g/mol. The predicted molar refractivity (Wildman–Crippen MR) is 134 cm³/mol. The van der Waals surface area contributed by atoms with Gasteiger partial charge in [-0.05, 0) is 40.2 Å². The molecule has 2 amide bonds. The number of nitrogens with zero attached hydrogens (tertiary/aromatic N) is 4. The Labute approximate surface area is 217 Å². The summed E-state index contributed by atoms with van der Waals surface area (Å²) in [4.78, 5) is 40.5. The summed E-state index contributed by atoms with van der Waals surface area (Å²) in [5.74, 6) is -0.985. The minimum absolute atomic E-state index is 0.0917. The molecule has 0 unspecified atom stereocenters. The van der Waals surface area contributed by atoms with E-state index in [0.29, 0.717) is 48.6 Å². The molecular weight excluding hydrogens is 569 g/mol. The zero-order valence-corrected chi connectivity index (χ0v) is 21.6. The van der Waals surface area contributed by atoms with Gasteiger partial charge in [-0.3, -0.25) is 24.7 Å². The Morgan fingerprint density at radius 2 is 2.06 bits per heavy atom. The van der Waals surface area contributed by atoms with Crippen LogP contribution in [0.25, 0.3) is 0 Å². The van der Waals surface area contributed by atoms with E-state index >= 15 is 4.39 Å². The van der Waals surface area contributed by atoms with Gasteiger partial charge in [0.2, 0.25) is 5.91 Å². The number of amides is 2. The highest BCUT2D eigenvalue weighted by Gasteiger charge is 2.33. The van der Waals surface area contributed by atoms with E-state index in [1.54, 1.807) is 18.2 Å². The van der Waals surface area contributed by atoms with Gasteiger partial charge in [0.1, 0.15) is 22.3 Å². The first-order valence-corrected chi connectivity index (χ1v) is 12.9. The number of carbonyl (C=O) groups excluding carboxylic acids is 2. The lowest BCUT2D eigenvalue weighted by atomic mass is 10.2. The SMILES string of the molecule is O=C(CCl)NC[C@H]1CN(c2ccc(N3CCN(Cc4cc(Br)c([N+](=O)[O-])s4)CC3)c(F)c2)C(=O)O1. The average Bonchev–Trinajstić information content (AvgIpc) is 3.39. The number of carbonyl (C=O) groups is 2. The van der Waals surface area contributed by atoms with Crippen LogP contribution in [0.4, 0.5) is 25.6 Å². The fraction of sp³-hybridized carbons (Fsp3) is 0.429. The zero-order chi connectivity index (χ0) is 25.1. The maximum atomic E-state index is 15.0. The third-order valence-corrected chi connectivity index (χ3v) is 7.92. The number of nitro groups is 1. The number of alkyl halides is 1. The van der Waals surface area contributed by atoms with E-state index in [-0.39, 0.29) is 29.9 Å². The predicted octanol–water partition coefficient (Wildman–Crippen LogP) is 3.56. The molecule has 1 N–H and O–H groups in total. The summed E-state index contributed by atoms with van der Waals surface area (Å²) in [5, 5.41) is 13.7. The topological polar surface area (TPSA) is 108 Å². The number of nitrogens with one attached hydrogen (secondary N) is 1. The fourth-order valence-electron chi connectivity index (χ4n) is 4.01. The largest absolute Gasteiger partial charge is 0.442 e. The van der Waals surface area contributed by atoms with Crippen molar-refractivity contribution in [3.63, 3.8) is 0 Å². The molecule has 0 bridgehead atoms. The first kappa shape index (κ1) is 25.6. The standard InChI is InChI=1S/C21H22BrClFN5O5S/c22-16-8-15(35-20(16)29(32)33)12-26-3-5-27(6-4-26)18-2-1-13(7-17(18)24)28-11-14(34-21(28)31)10-25-19(30)9-23/h1-2,7-8,14H,3-6,9-12H2,(H,25,30)/t14-/m0/s1. The van der Waals surface area contributed by atoms with Crippen LogP contribution < -0.4 is 15.1 Å². The molecule has 2 aliphatic rings. The van der Waals surface area contributed by atoms with Crippen LogP contribution in [0, 0.1) is 15.9 Å². The zero-order valence-electron chi connectivity index (χ0n) is 18.4. The van der Waals surface area contributed by atoms with E-state index in [1.807, 2.05) is 4.90 Å². The van der Waals surface area contributed by atoms with Gasteiger partial charge in [0.05, 0.1) is 29.4 Å². The molecule has 4 rings (SSSR count). The number of rotatable bonds is 8. The smallest absolute Gasteiger partial charge is 0.414 e. The molecule has 1 atom stereocenters. The van der Waals surface area contributed by atoms with Crippen molar-refractivity contribution in [3.05, 3.63) is 49.5 Å². The Bertz CT molecular complexity index is 1130. The summed E-state index contributed by atoms with van der Waals surface area (Å²) in [7, 11) is 0. The van der Waals surface area contributed by atoms with Crippen molar-refractivity contribution in [1.29, 1.82) is 0 Å². The van der Waals surface area contributed by atoms with Crippen LogP contribution in [0.3, 0.4) is 0 Å². The molecule has 0 saturated carbocycles. The Balaban J connectivity index is 1.33. The van der Waals surface area contributed by atoms with Crippen LogP contribution in [0.2, 0.25) is 0 Å². The first-order valence-electron chi connectivity index (χ1n) is 10.8. The van der Waals surface area contributed by atoms with E-state index in [1.165, 1.54) is 11.0 Å². The number of thiophene rings is 1. The minimum Gasteiger partial charge on any atom is -0.442 e. The number of hydrogen-bond donors (Lipinski definition) is 1. The van der Waals surface area contributed by atoms with E-state index in [2.05, 4.69) is 26.1 Å². The lowest BCUT2D eigenvalue weighted by Crippen LogP contribution is -2.46. The molecule has 2 saturated heterocycles. The van der Waals surface area contributed by atoms with Crippen molar-refractivity contribution in [2.24, 2.45) is 0 Å². The van der Waals surface area contributed by atoms with E-state index in [4.69, 9.17) is 16.3 Å². The maximum absolute atomic E-state index is 15.0. The second-order valence-corrected chi connectivity index (χ2v) is 10.3. The number of halogens is 3. The van der Waals surface area contributed by atoms with Gasteiger partial charge in [-0.15, -0.1) is 11.6 Å². The molecule has 188 valence electrons. The number of anilines is 2. The lowest BCUT2D eigenvalue weighted by Gasteiger charge is -2.36. The number of hydrogen-bond acceptors (Lipinski definition) is 8. The Morgan fingerprint density at radius 1 is 1.31 bits per heavy atom. The van der Waals surface area contributed by atoms with Crippen LogP contribution in [0.15, 0.2) is 28.7 Å². The van der Waals surface area contributed by atoms with Crippen LogP contribution in [0.5, 0.6) is 0 Å². The first-order chi connectivity index (χ1) is 16.7. The summed E-state index contributed by atoms with van der Waals surface area (Å²) in [6.07, 6.45) is -1.15. The molecule has 14 heteroatoms. The molecular formula is C21H22BrClFN5O5S. The fourth-order valence-corrected chi connectivity index (χ4v) is 5.82. The normalized spacial score (nSPS) is 18.6. The second kappa shape index (κ2) is 11.1. The highest BCUT2D eigenvalue weighted by Crippen LogP contribution is 2.35. The van der Waals surface area contributed by atoms with Gasteiger partial charge < -0.3 is 15.0 Å². The van der Waals surface area contributed by atoms with Gasteiger partial charge in [-0.25, -0.2) is 9.18 Å². The van der Waals surface area contributed by atoms with Crippen molar-refractivity contribution in [1.82, 2.24) is 10.2 Å². The third-order valence-electron chi connectivity index (χ3n) is 5.74.